The Hall–Kier alpha value is -1.27. The molecule has 3 aromatic rings. The fraction of sp³-hybridized carbons (Fsp3) is 0.222. The molecule has 0 aliphatic heterocycles. The molecule has 0 amide bonds. The smallest absolute Gasteiger partial charge is 0.200 e. The van der Waals surface area contributed by atoms with Crippen molar-refractivity contribution in [3.05, 3.63) is 16.9 Å². The Kier molecular flexibility index (Phi) is 1.86. The van der Waals surface area contributed by atoms with Crippen molar-refractivity contribution in [3.63, 3.8) is 0 Å². The van der Waals surface area contributed by atoms with Gasteiger partial charge in [0.1, 0.15) is 11.0 Å². The van der Waals surface area contributed by atoms with E-state index in [-0.39, 0.29) is 0 Å². The number of nitrogens with one attached hydrogen (secondary N) is 1. The lowest BCUT2D eigenvalue weighted by Gasteiger charge is -1.97. The topological polar surface area (TPSA) is 46.5 Å². The lowest BCUT2D eigenvalue weighted by Crippen LogP contribution is -1.92. The maximum atomic E-state index is 5.21. The number of aromatic amines is 1. The second kappa shape index (κ2) is 3.11. The van der Waals surface area contributed by atoms with E-state index in [2.05, 4.69) is 20.7 Å². The molecule has 0 bridgehead atoms. The number of aromatic nitrogens is 4. The normalized spacial score (nSPS) is 11.5. The number of hydrogen-bond acceptors (Lipinski definition) is 4. The van der Waals surface area contributed by atoms with E-state index in [0.717, 1.165) is 28.6 Å². The molecular weight excluding hydrogens is 228 g/mol. The number of benzene rings is 1. The van der Waals surface area contributed by atoms with Gasteiger partial charge in [-0.05, 0) is 31.3 Å². The number of rotatable bonds is 1. The minimum Gasteiger partial charge on any atom is -0.315 e. The number of hydrogen-bond donors (Lipinski definition) is 1. The van der Waals surface area contributed by atoms with E-state index in [1.165, 1.54) is 11.7 Å². The van der Waals surface area contributed by atoms with E-state index in [1.54, 1.807) is 0 Å². The van der Waals surface area contributed by atoms with Crippen molar-refractivity contribution in [1.29, 1.82) is 0 Å². The van der Waals surface area contributed by atoms with Gasteiger partial charge in [-0.2, -0.15) is 4.37 Å². The maximum absolute atomic E-state index is 5.21. The van der Waals surface area contributed by atoms with Crippen LogP contribution >= 0.6 is 23.9 Å². The molecule has 0 saturated heterocycles. The fourth-order valence-electron chi connectivity index (χ4n) is 1.75. The maximum Gasteiger partial charge on any atom is 0.200 e. The first-order valence-corrected chi connectivity index (χ1v) is 5.82. The molecule has 0 aliphatic rings. The summed E-state index contributed by atoms with van der Waals surface area (Å²) in [5.41, 5.74) is 3.89. The Labute approximate surface area is 94.9 Å². The summed E-state index contributed by atoms with van der Waals surface area (Å²) >= 11 is 6.54. The minimum absolute atomic E-state index is 0.632. The molecule has 0 atom stereocenters. The first kappa shape index (κ1) is 8.99. The number of aryl methyl sites for hydroxylation is 1. The van der Waals surface area contributed by atoms with Crippen LogP contribution in [0, 0.1) is 4.77 Å². The lowest BCUT2D eigenvalue weighted by atomic mass is 10.2. The average molecular weight is 236 g/mol. The highest BCUT2D eigenvalue weighted by molar-refractivity contribution is 7.71. The van der Waals surface area contributed by atoms with Crippen LogP contribution in [0.15, 0.2) is 12.1 Å². The Morgan fingerprint density at radius 3 is 3.13 bits per heavy atom. The molecule has 6 heteroatoms. The third-order valence-corrected chi connectivity index (χ3v) is 3.36. The molecule has 0 aliphatic carbocycles. The number of fused-ring (bicyclic) bond motifs is 3. The predicted octanol–water partition coefficient (Wildman–Crippen LogP) is 2.72. The van der Waals surface area contributed by atoms with Crippen molar-refractivity contribution in [3.8, 4) is 0 Å². The molecule has 2 heterocycles. The Bertz CT molecular complexity index is 691. The van der Waals surface area contributed by atoms with Crippen molar-refractivity contribution in [1.82, 2.24) is 18.3 Å². The molecule has 76 valence electrons. The Balaban J connectivity index is 2.60. The fourth-order valence-corrected chi connectivity index (χ4v) is 2.66. The summed E-state index contributed by atoms with van der Waals surface area (Å²) < 4.78 is 10.1. The molecule has 2 aromatic heterocycles. The van der Waals surface area contributed by atoms with Crippen LogP contribution < -0.4 is 0 Å². The molecule has 0 spiro atoms. The summed E-state index contributed by atoms with van der Waals surface area (Å²) in [6.45, 7) is 2.91. The van der Waals surface area contributed by atoms with E-state index in [1.807, 2.05) is 16.7 Å². The lowest BCUT2D eigenvalue weighted by molar-refractivity contribution is 0.774. The molecule has 0 unspecified atom stereocenters. The molecule has 4 nitrogen and oxygen atoms in total. The van der Waals surface area contributed by atoms with Gasteiger partial charge in [0.15, 0.2) is 0 Å². The van der Waals surface area contributed by atoms with Crippen molar-refractivity contribution < 1.29 is 0 Å². The van der Waals surface area contributed by atoms with Crippen LogP contribution in [0.2, 0.25) is 0 Å². The van der Waals surface area contributed by atoms with Crippen LogP contribution in [0.25, 0.3) is 22.1 Å². The third-order valence-electron chi connectivity index (χ3n) is 2.47. The first-order valence-electron chi connectivity index (χ1n) is 4.64. The SMILES string of the molecule is CCn1c(=S)nc2c3ns[nH]c3ccc21. The van der Waals surface area contributed by atoms with E-state index in [0.29, 0.717) is 4.77 Å². The predicted molar refractivity (Wildman–Crippen MR) is 63.8 cm³/mol. The largest absolute Gasteiger partial charge is 0.315 e. The number of imidazole rings is 1. The first-order chi connectivity index (χ1) is 7.31. The van der Waals surface area contributed by atoms with Gasteiger partial charge >= 0.3 is 0 Å². The summed E-state index contributed by atoms with van der Waals surface area (Å²) in [4.78, 5) is 4.39. The number of nitrogens with zero attached hydrogens (tertiary/aromatic N) is 3. The molecule has 1 aromatic carbocycles. The van der Waals surface area contributed by atoms with Crippen LogP contribution in [0.5, 0.6) is 0 Å². The molecule has 3 rings (SSSR count). The monoisotopic (exact) mass is 236 g/mol. The average Bonchev–Trinajstić information content (AvgIpc) is 2.79. The minimum atomic E-state index is 0.632. The second-order valence-corrected chi connectivity index (χ2v) is 4.19. The van der Waals surface area contributed by atoms with Crippen molar-refractivity contribution in [2.45, 2.75) is 13.5 Å². The zero-order chi connectivity index (χ0) is 10.4. The van der Waals surface area contributed by atoms with E-state index < -0.39 is 0 Å². The quantitative estimate of drug-likeness (QED) is 0.661. The summed E-state index contributed by atoms with van der Waals surface area (Å²) in [6.07, 6.45) is 0. The highest BCUT2D eigenvalue weighted by Gasteiger charge is 2.09. The van der Waals surface area contributed by atoms with Gasteiger partial charge in [0.25, 0.3) is 0 Å². The highest BCUT2D eigenvalue weighted by atomic mass is 32.1. The van der Waals surface area contributed by atoms with Crippen LogP contribution in [0.1, 0.15) is 6.92 Å². The molecule has 0 saturated carbocycles. The van der Waals surface area contributed by atoms with Crippen molar-refractivity contribution >= 4 is 46.0 Å². The van der Waals surface area contributed by atoms with Gasteiger partial charge in [-0.25, -0.2) is 4.98 Å². The molecule has 0 fully saturated rings. The zero-order valence-corrected chi connectivity index (χ0v) is 9.65. The summed E-state index contributed by atoms with van der Waals surface area (Å²) in [6, 6.07) is 4.05. The van der Waals surface area contributed by atoms with Crippen molar-refractivity contribution in [2.75, 3.05) is 0 Å². The standard InChI is InChI=1S/C9H8N4S2/c1-2-13-6-4-3-5-7(12-15-11-5)8(6)10-9(13)14/h3-4,11H,2H2,1H3. The van der Waals surface area contributed by atoms with Gasteiger partial charge in [0.2, 0.25) is 4.77 Å². The molecule has 1 N–H and O–H groups in total. The highest BCUT2D eigenvalue weighted by Crippen LogP contribution is 2.23. The molecular formula is C9H8N4S2. The van der Waals surface area contributed by atoms with Crippen LogP contribution in [0.4, 0.5) is 0 Å². The van der Waals surface area contributed by atoms with Crippen LogP contribution in [-0.2, 0) is 6.54 Å². The van der Waals surface area contributed by atoms with Gasteiger partial charge in [0.05, 0.1) is 11.0 Å². The van der Waals surface area contributed by atoms with Crippen LogP contribution in [-0.4, -0.2) is 18.3 Å². The summed E-state index contributed by atoms with van der Waals surface area (Å²) in [7, 11) is 0. The van der Waals surface area contributed by atoms with Crippen LogP contribution in [0.3, 0.4) is 0 Å². The van der Waals surface area contributed by atoms with Gasteiger partial charge in [-0.3, -0.25) is 4.37 Å². The second-order valence-electron chi connectivity index (χ2n) is 3.25. The molecule has 15 heavy (non-hydrogen) atoms. The zero-order valence-electron chi connectivity index (χ0n) is 8.02. The Morgan fingerprint density at radius 1 is 1.47 bits per heavy atom. The van der Waals surface area contributed by atoms with E-state index >= 15 is 0 Å². The van der Waals surface area contributed by atoms with Gasteiger partial charge in [0, 0.05) is 18.3 Å². The summed E-state index contributed by atoms with van der Waals surface area (Å²) in [5, 5.41) is 0. The Morgan fingerprint density at radius 2 is 2.33 bits per heavy atom. The number of H-pyrrole nitrogens is 1. The third kappa shape index (κ3) is 1.15. The van der Waals surface area contributed by atoms with Gasteiger partial charge < -0.3 is 4.57 Å². The van der Waals surface area contributed by atoms with E-state index in [4.69, 9.17) is 12.2 Å². The molecule has 0 radical (unpaired) electrons. The van der Waals surface area contributed by atoms with Crippen molar-refractivity contribution in [2.24, 2.45) is 0 Å². The van der Waals surface area contributed by atoms with Gasteiger partial charge in [-0.15, -0.1) is 0 Å². The summed E-state index contributed by atoms with van der Waals surface area (Å²) in [5.74, 6) is 0. The van der Waals surface area contributed by atoms with E-state index in [9.17, 15) is 0 Å². The van der Waals surface area contributed by atoms with Gasteiger partial charge in [-0.1, -0.05) is 0 Å².